The van der Waals surface area contributed by atoms with Crippen molar-refractivity contribution >= 4 is 14.1 Å². The van der Waals surface area contributed by atoms with Crippen LogP contribution in [0, 0.1) is 0 Å². The summed E-state index contributed by atoms with van der Waals surface area (Å²) in [6.45, 7) is 8.97. The second kappa shape index (κ2) is 10.6. The molecule has 78 valence electrons. The molecule has 0 N–H and O–H groups in total. The summed E-state index contributed by atoms with van der Waals surface area (Å²) in [6.07, 6.45) is 3.93. The van der Waals surface area contributed by atoms with Gasteiger partial charge < -0.3 is 4.74 Å². The van der Waals surface area contributed by atoms with Crippen molar-refractivity contribution in [3.05, 3.63) is 0 Å². The molecule has 0 saturated carbocycles. The molecule has 1 rings (SSSR count). The summed E-state index contributed by atoms with van der Waals surface area (Å²) in [5.41, 5.74) is 0. The first-order chi connectivity index (χ1) is 6.35. The molecule has 1 nitrogen and oxygen atoms in total. The van der Waals surface area contributed by atoms with E-state index in [1.807, 2.05) is 0 Å². The molecule has 0 unspecified atom stereocenters. The summed E-state index contributed by atoms with van der Waals surface area (Å²) < 4.78 is 5.07. The standard InChI is InChI=1S/C5H10O.3C2H5.Al/c1-2-4-6-5-3-1;3*1-2;/h1-5H2;3*1H2,2H3;. The van der Waals surface area contributed by atoms with E-state index in [9.17, 15) is 0 Å². The highest BCUT2D eigenvalue weighted by atomic mass is 27.2. The summed E-state index contributed by atoms with van der Waals surface area (Å²) in [7, 11) is 0. The van der Waals surface area contributed by atoms with Crippen LogP contribution < -0.4 is 0 Å². The fourth-order valence-electron chi connectivity index (χ4n) is 1.55. The average Bonchev–Trinajstić information content (AvgIpc) is 2.24. The lowest BCUT2D eigenvalue weighted by Crippen LogP contribution is -2.04. The zero-order valence-corrected chi connectivity index (χ0v) is 10.8. The molecule has 1 aliphatic rings. The molecular formula is C11H25AlO. The van der Waals surface area contributed by atoms with Crippen LogP contribution in [0.15, 0.2) is 0 Å². The summed E-state index contributed by atoms with van der Waals surface area (Å²) in [4.78, 5) is 0. The second-order valence-corrected chi connectivity index (χ2v) is 7.95. The zero-order valence-electron chi connectivity index (χ0n) is 9.64. The summed E-state index contributed by atoms with van der Waals surface area (Å²) >= 11 is -0.171. The molecule has 0 bridgehead atoms. The Kier molecular flexibility index (Phi) is 11.0. The fraction of sp³-hybridized carbons (Fsp3) is 1.00. The van der Waals surface area contributed by atoms with Crippen molar-refractivity contribution < 1.29 is 4.74 Å². The zero-order chi connectivity index (χ0) is 9.94. The van der Waals surface area contributed by atoms with Crippen molar-refractivity contribution in [3.8, 4) is 0 Å². The SMILES string of the molecule is C1CCOCC1.C[CH2][Al]([CH2]C)[CH2]C. The van der Waals surface area contributed by atoms with E-state index < -0.39 is 0 Å². The monoisotopic (exact) mass is 200 g/mol. The van der Waals surface area contributed by atoms with E-state index in [2.05, 4.69) is 20.8 Å². The smallest absolute Gasteiger partial charge is 0.261 e. The Morgan fingerprint density at radius 1 is 0.846 bits per heavy atom. The molecule has 0 atom stereocenters. The molecule has 1 fully saturated rings. The van der Waals surface area contributed by atoms with Crippen molar-refractivity contribution in [1.82, 2.24) is 0 Å². The lowest BCUT2D eigenvalue weighted by atomic mass is 10.2. The van der Waals surface area contributed by atoms with Gasteiger partial charge in [-0.2, -0.15) is 0 Å². The van der Waals surface area contributed by atoms with Crippen molar-refractivity contribution in [3.63, 3.8) is 0 Å². The van der Waals surface area contributed by atoms with Gasteiger partial charge in [0.25, 0.3) is 14.1 Å². The van der Waals surface area contributed by atoms with Crippen LogP contribution in [-0.4, -0.2) is 27.4 Å². The van der Waals surface area contributed by atoms with Crippen LogP contribution in [0.2, 0.25) is 15.8 Å². The number of ether oxygens (including phenoxy) is 1. The predicted octanol–water partition coefficient (Wildman–Crippen LogP) is 3.73. The summed E-state index contributed by atoms with van der Waals surface area (Å²) in [6, 6.07) is 0. The number of rotatable bonds is 3. The Labute approximate surface area is 88.3 Å². The molecular weight excluding hydrogens is 175 g/mol. The highest BCUT2D eigenvalue weighted by Crippen LogP contribution is 2.02. The van der Waals surface area contributed by atoms with Gasteiger partial charge >= 0.3 is 0 Å². The molecule has 0 amide bonds. The largest absolute Gasteiger partial charge is 0.381 e. The molecule has 1 heterocycles. The van der Waals surface area contributed by atoms with Crippen LogP contribution in [0.5, 0.6) is 0 Å². The molecule has 0 aromatic rings. The van der Waals surface area contributed by atoms with Crippen LogP contribution in [-0.2, 0) is 4.74 Å². The molecule has 0 spiro atoms. The molecule has 0 radical (unpaired) electrons. The van der Waals surface area contributed by atoms with E-state index in [0.717, 1.165) is 13.2 Å². The molecule has 0 aliphatic carbocycles. The minimum Gasteiger partial charge on any atom is -0.381 e. The van der Waals surface area contributed by atoms with E-state index in [0.29, 0.717) is 0 Å². The van der Waals surface area contributed by atoms with Crippen LogP contribution in [0.1, 0.15) is 40.0 Å². The van der Waals surface area contributed by atoms with Gasteiger partial charge in [-0.15, -0.1) is 0 Å². The molecule has 13 heavy (non-hydrogen) atoms. The maximum Gasteiger partial charge on any atom is 0.261 e. The fourth-order valence-corrected chi connectivity index (χ4v) is 3.29. The minimum absolute atomic E-state index is 0.171. The third-order valence-corrected chi connectivity index (χ3v) is 6.27. The summed E-state index contributed by atoms with van der Waals surface area (Å²) in [5.74, 6) is 0. The van der Waals surface area contributed by atoms with Gasteiger partial charge in [-0.25, -0.2) is 0 Å². The molecule has 1 saturated heterocycles. The molecule has 0 aromatic heterocycles. The quantitative estimate of drug-likeness (QED) is 0.631. The number of hydrogen-bond acceptors (Lipinski definition) is 1. The first-order valence-corrected chi connectivity index (χ1v) is 8.37. The van der Waals surface area contributed by atoms with Crippen molar-refractivity contribution in [2.45, 2.75) is 55.9 Å². The van der Waals surface area contributed by atoms with E-state index in [4.69, 9.17) is 4.74 Å². The van der Waals surface area contributed by atoms with Gasteiger partial charge in [0, 0.05) is 13.2 Å². The first kappa shape index (κ1) is 13.5. The van der Waals surface area contributed by atoms with Gasteiger partial charge in [0.15, 0.2) is 0 Å². The van der Waals surface area contributed by atoms with Gasteiger partial charge in [-0.1, -0.05) is 36.6 Å². The van der Waals surface area contributed by atoms with Gasteiger partial charge in [0.2, 0.25) is 0 Å². The van der Waals surface area contributed by atoms with Gasteiger partial charge in [0.1, 0.15) is 0 Å². The Balaban J connectivity index is 0.000000223. The van der Waals surface area contributed by atoms with Crippen LogP contribution in [0.3, 0.4) is 0 Å². The van der Waals surface area contributed by atoms with Crippen LogP contribution >= 0.6 is 0 Å². The van der Waals surface area contributed by atoms with Crippen molar-refractivity contribution in [2.24, 2.45) is 0 Å². The maximum absolute atomic E-state index is 5.07. The normalized spacial score (nSPS) is 15.9. The van der Waals surface area contributed by atoms with Gasteiger partial charge in [-0.3, -0.25) is 0 Å². The second-order valence-electron chi connectivity index (χ2n) is 3.76. The third kappa shape index (κ3) is 8.81. The van der Waals surface area contributed by atoms with Gasteiger partial charge in [-0.05, 0) is 19.3 Å². The van der Waals surface area contributed by atoms with E-state index in [-0.39, 0.29) is 14.1 Å². The highest BCUT2D eigenvalue weighted by molar-refractivity contribution is 6.58. The van der Waals surface area contributed by atoms with E-state index in [1.54, 1.807) is 0 Å². The predicted molar refractivity (Wildman–Crippen MR) is 61.9 cm³/mol. The first-order valence-electron chi connectivity index (χ1n) is 5.92. The topological polar surface area (TPSA) is 9.23 Å². The molecule has 1 aliphatic heterocycles. The van der Waals surface area contributed by atoms with Crippen molar-refractivity contribution in [2.75, 3.05) is 13.2 Å². The highest BCUT2D eigenvalue weighted by Gasteiger charge is 2.05. The maximum atomic E-state index is 5.07. The third-order valence-electron chi connectivity index (χ3n) is 2.81. The van der Waals surface area contributed by atoms with Crippen molar-refractivity contribution in [1.29, 1.82) is 0 Å². The van der Waals surface area contributed by atoms with E-state index in [1.165, 1.54) is 35.1 Å². The van der Waals surface area contributed by atoms with Crippen LogP contribution in [0.4, 0.5) is 0 Å². The van der Waals surface area contributed by atoms with Crippen LogP contribution in [0.25, 0.3) is 0 Å². The van der Waals surface area contributed by atoms with Gasteiger partial charge in [0.05, 0.1) is 0 Å². The Morgan fingerprint density at radius 2 is 1.31 bits per heavy atom. The Morgan fingerprint density at radius 3 is 1.38 bits per heavy atom. The van der Waals surface area contributed by atoms with E-state index >= 15 is 0 Å². The summed E-state index contributed by atoms with van der Waals surface area (Å²) in [5, 5.41) is 4.48. The minimum atomic E-state index is -0.171. The Bertz CT molecular complexity index is 71.1. The molecule has 0 aromatic carbocycles. The lowest BCUT2D eigenvalue weighted by Gasteiger charge is -2.08. The average molecular weight is 200 g/mol. The Hall–Kier alpha value is 0.492. The lowest BCUT2D eigenvalue weighted by molar-refractivity contribution is 0.0968. The molecule has 2 heteroatoms. The number of hydrogen-bond donors (Lipinski definition) is 0.